The number of aliphatic hydroxyl groups is 1. The molecule has 2 aromatic heterocycles. The number of methoxy groups -OCH3 is 2. The van der Waals surface area contributed by atoms with Gasteiger partial charge in [0.2, 0.25) is 0 Å². The molecular formula is C38H34BrN5O6. The summed E-state index contributed by atoms with van der Waals surface area (Å²) >= 11 is 3.55. The van der Waals surface area contributed by atoms with Gasteiger partial charge in [0.1, 0.15) is 35.8 Å². The number of aliphatic hydroxyl groups excluding tert-OH is 1. The van der Waals surface area contributed by atoms with E-state index in [9.17, 15) is 9.90 Å². The van der Waals surface area contributed by atoms with Crippen LogP contribution in [0.15, 0.2) is 120 Å². The van der Waals surface area contributed by atoms with Crippen LogP contribution in [-0.4, -0.2) is 63.6 Å². The molecule has 2 N–H and O–H groups in total. The lowest BCUT2D eigenvalue weighted by Gasteiger charge is -2.37. The Morgan fingerprint density at radius 3 is 2.06 bits per heavy atom. The predicted octanol–water partition coefficient (Wildman–Crippen LogP) is 6.52. The maximum Gasteiger partial charge on any atom is 0.256 e. The molecule has 4 aromatic carbocycles. The number of halogens is 1. The van der Waals surface area contributed by atoms with Crippen LogP contribution in [0.25, 0.3) is 11.2 Å². The summed E-state index contributed by atoms with van der Waals surface area (Å²) in [7, 11) is 3.26. The molecule has 1 amide bonds. The van der Waals surface area contributed by atoms with Gasteiger partial charge >= 0.3 is 0 Å². The van der Waals surface area contributed by atoms with Crippen molar-refractivity contribution in [1.82, 2.24) is 19.5 Å². The Labute approximate surface area is 297 Å². The first-order valence-electron chi connectivity index (χ1n) is 16.0. The van der Waals surface area contributed by atoms with E-state index >= 15 is 0 Å². The van der Waals surface area contributed by atoms with Gasteiger partial charge in [-0.3, -0.25) is 9.36 Å². The van der Waals surface area contributed by atoms with Crippen molar-refractivity contribution in [2.45, 2.75) is 30.5 Å². The molecule has 0 saturated carbocycles. The minimum Gasteiger partial charge on any atom is -0.497 e. The van der Waals surface area contributed by atoms with Crippen LogP contribution in [0.2, 0.25) is 0 Å². The Kier molecular flexibility index (Phi) is 9.59. The third kappa shape index (κ3) is 6.34. The van der Waals surface area contributed by atoms with Crippen LogP contribution in [0, 0.1) is 0 Å². The maximum absolute atomic E-state index is 12.9. The van der Waals surface area contributed by atoms with E-state index in [2.05, 4.69) is 36.2 Å². The van der Waals surface area contributed by atoms with Crippen molar-refractivity contribution in [3.8, 4) is 11.5 Å². The largest absolute Gasteiger partial charge is 0.497 e. The molecular weight excluding hydrogens is 702 g/mol. The molecule has 7 rings (SSSR count). The van der Waals surface area contributed by atoms with E-state index < -0.39 is 24.0 Å². The number of nitrogens with zero attached hydrogens (tertiary/aromatic N) is 4. The number of anilines is 1. The van der Waals surface area contributed by atoms with Crippen LogP contribution in [0.4, 0.5) is 5.82 Å². The normalized spacial score (nSPS) is 17.5. The van der Waals surface area contributed by atoms with Gasteiger partial charge < -0.3 is 29.4 Å². The molecule has 1 saturated heterocycles. The number of hydrogen-bond acceptors (Lipinski definition) is 9. The summed E-state index contributed by atoms with van der Waals surface area (Å²) in [5.41, 5.74) is 2.84. The smallest absolute Gasteiger partial charge is 0.256 e. The second-order valence-electron chi connectivity index (χ2n) is 11.7. The highest BCUT2D eigenvalue weighted by Gasteiger charge is 2.42. The van der Waals surface area contributed by atoms with Gasteiger partial charge in [-0.15, -0.1) is 0 Å². The first kappa shape index (κ1) is 33.4. The second-order valence-corrected chi connectivity index (χ2v) is 12.4. The highest BCUT2D eigenvalue weighted by atomic mass is 79.9. The minimum atomic E-state index is -1.08. The summed E-state index contributed by atoms with van der Waals surface area (Å²) in [5.74, 6) is 1.37. The highest BCUT2D eigenvalue weighted by molar-refractivity contribution is 9.10. The van der Waals surface area contributed by atoms with E-state index in [0.717, 1.165) is 16.7 Å². The molecule has 0 bridgehead atoms. The molecule has 1 fully saturated rings. The van der Waals surface area contributed by atoms with Crippen LogP contribution in [0.1, 0.15) is 39.7 Å². The lowest BCUT2D eigenvalue weighted by molar-refractivity contribution is -0.0934. The molecule has 0 spiro atoms. The molecule has 3 atom stereocenters. The van der Waals surface area contributed by atoms with E-state index in [-0.39, 0.29) is 24.8 Å². The Morgan fingerprint density at radius 2 is 1.46 bits per heavy atom. The van der Waals surface area contributed by atoms with Crippen LogP contribution in [0.5, 0.6) is 11.5 Å². The molecule has 1 aliphatic rings. The van der Waals surface area contributed by atoms with E-state index in [1.807, 2.05) is 84.9 Å². The van der Waals surface area contributed by atoms with Crippen molar-refractivity contribution in [3.05, 3.63) is 143 Å². The summed E-state index contributed by atoms with van der Waals surface area (Å²) in [6, 6.07) is 34.3. The maximum atomic E-state index is 12.9. The van der Waals surface area contributed by atoms with Gasteiger partial charge in [-0.1, -0.05) is 72.8 Å². The zero-order chi connectivity index (χ0) is 34.7. The molecule has 0 aliphatic carbocycles. The lowest BCUT2D eigenvalue weighted by atomic mass is 9.80. The third-order valence-corrected chi connectivity index (χ3v) is 9.39. The number of carbonyl (C=O) groups excluding carboxylic acids is 1. The molecule has 1 unspecified atom stereocenters. The minimum absolute atomic E-state index is 0.0439. The molecule has 11 nitrogen and oxygen atoms in total. The topological polar surface area (TPSA) is 130 Å². The Morgan fingerprint density at radius 1 is 0.880 bits per heavy atom. The lowest BCUT2D eigenvalue weighted by Crippen LogP contribution is -2.38. The molecule has 50 heavy (non-hydrogen) atoms. The van der Waals surface area contributed by atoms with E-state index in [1.165, 1.54) is 6.33 Å². The number of nitrogens with one attached hydrogen (secondary N) is 1. The Balaban J connectivity index is 1.20. The van der Waals surface area contributed by atoms with Crippen molar-refractivity contribution < 1.29 is 28.8 Å². The van der Waals surface area contributed by atoms with Crippen molar-refractivity contribution in [1.29, 1.82) is 0 Å². The van der Waals surface area contributed by atoms with Crippen LogP contribution in [0.3, 0.4) is 0 Å². The first-order chi connectivity index (χ1) is 24.4. The number of hydrogen-bond donors (Lipinski definition) is 2. The zero-order valence-corrected chi connectivity index (χ0v) is 28.9. The van der Waals surface area contributed by atoms with Crippen molar-refractivity contribution in [3.63, 3.8) is 0 Å². The number of ether oxygens (including phenoxy) is 4. The van der Waals surface area contributed by atoms with Crippen LogP contribution in [-0.2, 0) is 15.1 Å². The zero-order valence-electron chi connectivity index (χ0n) is 27.3. The van der Waals surface area contributed by atoms with Crippen molar-refractivity contribution >= 4 is 38.8 Å². The third-order valence-electron chi connectivity index (χ3n) is 8.83. The SMILES string of the molecule is COc1ccc(C(OC[C@H]2O[C@@H](n3c(Br)nc4c(NC(=O)c5ccccc5)ncnc43)CC2O)(c2ccccc2)c2ccc(OC)cc2)cc1. The standard InChI is InChI=1S/C38H34BrN5O6/c1-47-28-17-13-26(14-18-28)38(25-11-7-4-8-12-25,27-15-19-29(48-2)20-16-27)49-22-31-30(45)21-32(50-31)44-35-33(42-37(44)39)34(40-23-41-35)43-36(46)24-9-5-3-6-10-24/h3-20,23,30-32,45H,21-22H2,1-2H3,(H,40,41,43,46)/t30?,31-,32-/m1/s1. The van der Waals surface area contributed by atoms with Crippen molar-refractivity contribution in [2.24, 2.45) is 0 Å². The van der Waals surface area contributed by atoms with E-state index in [0.29, 0.717) is 33.0 Å². The Hall–Kier alpha value is -5.14. The molecule has 254 valence electrons. The van der Waals surface area contributed by atoms with Gasteiger partial charge in [0.25, 0.3) is 5.91 Å². The number of amides is 1. The van der Waals surface area contributed by atoms with Crippen LogP contribution < -0.4 is 14.8 Å². The average molecular weight is 737 g/mol. The predicted molar refractivity (Wildman–Crippen MR) is 190 cm³/mol. The fourth-order valence-corrected chi connectivity index (χ4v) is 6.88. The molecule has 0 radical (unpaired) electrons. The van der Waals surface area contributed by atoms with Gasteiger partial charge in [-0.25, -0.2) is 15.0 Å². The summed E-state index contributed by atoms with van der Waals surface area (Å²) < 4.78 is 26.6. The molecule has 1 aliphatic heterocycles. The quantitative estimate of drug-likeness (QED) is 0.113. The van der Waals surface area contributed by atoms with Gasteiger partial charge in [0.05, 0.1) is 26.9 Å². The number of carbonyl (C=O) groups is 1. The number of aromatic nitrogens is 4. The molecule has 6 aromatic rings. The summed E-state index contributed by atoms with van der Waals surface area (Å²) in [6.07, 6.45) is -0.611. The Bertz CT molecular complexity index is 2030. The van der Waals surface area contributed by atoms with Gasteiger partial charge in [-0.2, -0.15) is 0 Å². The summed E-state index contributed by atoms with van der Waals surface area (Å²) in [5, 5.41) is 14.2. The second kappa shape index (κ2) is 14.4. The number of rotatable bonds is 11. The number of imidazole rings is 1. The van der Waals surface area contributed by atoms with Crippen molar-refractivity contribution in [2.75, 3.05) is 26.1 Å². The molecule has 3 heterocycles. The number of benzene rings is 4. The number of fused-ring (bicyclic) bond motifs is 1. The van der Waals surface area contributed by atoms with E-state index in [4.69, 9.17) is 18.9 Å². The van der Waals surface area contributed by atoms with Gasteiger partial charge in [0.15, 0.2) is 21.7 Å². The monoisotopic (exact) mass is 735 g/mol. The van der Waals surface area contributed by atoms with Crippen LogP contribution >= 0.6 is 15.9 Å². The summed E-state index contributed by atoms with van der Waals surface area (Å²) in [6.45, 7) is 0.0439. The average Bonchev–Trinajstić information content (AvgIpc) is 3.71. The highest BCUT2D eigenvalue weighted by Crippen LogP contribution is 2.43. The first-order valence-corrected chi connectivity index (χ1v) is 16.8. The van der Waals surface area contributed by atoms with E-state index in [1.54, 1.807) is 43.1 Å². The fourth-order valence-electron chi connectivity index (χ4n) is 6.30. The van der Waals surface area contributed by atoms with Gasteiger partial charge in [-0.05, 0) is 69.0 Å². The van der Waals surface area contributed by atoms with Gasteiger partial charge in [0, 0.05) is 12.0 Å². The molecule has 12 heteroatoms. The fraction of sp³-hybridized carbons (Fsp3) is 0.211. The summed E-state index contributed by atoms with van der Waals surface area (Å²) in [4.78, 5) is 26.3.